The van der Waals surface area contributed by atoms with Crippen LogP contribution in [0.25, 0.3) is 0 Å². The van der Waals surface area contributed by atoms with Crippen LogP contribution in [-0.4, -0.2) is 228 Å². The molecule has 1 aromatic heterocycles. The van der Waals surface area contributed by atoms with Crippen LogP contribution in [0.3, 0.4) is 0 Å². The first-order valence-electron chi connectivity index (χ1n) is 40.8. The lowest BCUT2D eigenvalue weighted by molar-refractivity contribution is -0.384. The highest BCUT2D eigenvalue weighted by molar-refractivity contribution is 6.30. The van der Waals surface area contributed by atoms with E-state index in [0.717, 1.165) is 49.0 Å². The van der Waals surface area contributed by atoms with Crippen molar-refractivity contribution >= 4 is 121 Å². The Kier molecular flexibility index (Phi) is 33.4. The third-order valence-corrected chi connectivity index (χ3v) is 22.9. The van der Waals surface area contributed by atoms with Crippen molar-refractivity contribution in [3.8, 4) is 5.75 Å². The number of nitro benzene ring substituents is 5. The van der Waals surface area contributed by atoms with Crippen molar-refractivity contribution < 1.29 is 83.8 Å². The minimum atomic E-state index is -0.819. The number of piperidine rings is 2. The largest absolute Gasteiger partial charge is 0.495 e. The fraction of sp³-hybridized carbons (Fsp3) is 0.321. The number of carbonyl (C=O) groups is 5. The van der Waals surface area contributed by atoms with Gasteiger partial charge in [-0.05, 0) is 129 Å². The second-order valence-corrected chi connectivity index (χ2v) is 30.3. The van der Waals surface area contributed by atoms with E-state index in [0.29, 0.717) is 146 Å². The number of rotatable bonds is 21. The quantitative estimate of drug-likeness (QED) is 0.0181. The Morgan fingerprint density at radius 1 is 0.372 bits per heavy atom. The molecule has 11 N–H and O–H groups in total. The Hall–Kier alpha value is -14.8. The molecule has 9 aromatic rings. The minimum Gasteiger partial charge on any atom is -0.495 e. The third-order valence-electron chi connectivity index (χ3n) is 22.7. The Labute approximate surface area is 741 Å². The van der Waals surface area contributed by atoms with Gasteiger partial charge in [0.2, 0.25) is 5.95 Å². The van der Waals surface area contributed by atoms with Gasteiger partial charge in [-0.25, -0.2) is 41.8 Å². The van der Waals surface area contributed by atoms with E-state index in [4.69, 9.17) is 42.4 Å². The van der Waals surface area contributed by atoms with Gasteiger partial charge in [0.1, 0.15) is 40.0 Å². The summed E-state index contributed by atoms with van der Waals surface area (Å²) in [5.41, 5.74) is 10.8. The molecule has 43 nitrogen and oxygen atoms in total. The molecule has 0 saturated carbocycles. The molecule has 6 aliphatic heterocycles. The molecule has 6 aliphatic rings. The van der Waals surface area contributed by atoms with Crippen LogP contribution in [-0.2, 0) is 0 Å². The Morgan fingerprint density at radius 3 is 1.00 bits per heavy atom. The van der Waals surface area contributed by atoms with Crippen molar-refractivity contribution in [2.24, 2.45) is 11.8 Å². The lowest BCUT2D eigenvalue weighted by Gasteiger charge is -2.39. The maximum Gasteiger partial charge on any atom is 0.293 e. The maximum absolute atomic E-state index is 14.0. The van der Waals surface area contributed by atoms with Crippen molar-refractivity contribution in [1.29, 1.82) is 0 Å². The summed E-state index contributed by atoms with van der Waals surface area (Å²) in [6.07, 6.45) is 7.62. The van der Waals surface area contributed by atoms with Crippen LogP contribution in [0.4, 0.5) is 84.3 Å². The van der Waals surface area contributed by atoms with Crippen molar-refractivity contribution in [3.05, 3.63) is 271 Å². The number of halogens is 2. The summed E-state index contributed by atoms with van der Waals surface area (Å²) in [5.74, 6) is -1.50. The van der Waals surface area contributed by atoms with E-state index in [1.165, 1.54) is 115 Å². The fourth-order valence-electron chi connectivity index (χ4n) is 16.6. The van der Waals surface area contributed by atoms with Gasteiger partial charge in [-0.15, -0.1) is 0 Å². The van der Waals surface area contributed by atoms with Gasteiger partial charge in [0.15, 0.2) is 0 Å². The minimum absolute atomic E-state index is 0.0149. The summed E-state index contributed by atoms with van der Waals surface area (Å²) in [5, 5.41) is 106. The Morgan fingerprint density at radius 2 is 0.667 bits per heavy atom. The number of para-hydroxylation sites is 8. The number of carbonyl (C=O) groups excluding carboxylic acids is 5. The fourth-order valence-corrected chi connectivity index (χ4v) is 16.8. The molecule has 0 aliphatic carbocycles. The highest BCUT2D eigenvalue weighted by Crippen LogP contribution is 2.42. The average Bonchev–Trinajstić information content (AvgIpc) is 0.805. The maximum atomic E-state index is 14.0. The van der Waals surface area contributed by atoms with Crippen LogP contribution in [0.1, 0.15) is 77.5 Å². The number of amides is 5. The smallest absolute Gasteiger partial charge is 0.293 e. The predicted molar refractivity (Wildman–Crippen MR) is 473 cm³/mol. The van der Waals surface area contributed by atoms with E-state index < -0.39 is 54.2 Å². The van der Waals surface area contributed by atoms with E-state index in [9.17, 15) is 78.9 Å². The highest BCUT2D eigenvalue weighted by atomic mass is 35.5. The number of nitro groups is 5. The molecule has 5 amide bonds. The van der Waals surface area contributed by atoms with Crippen molar-refractivity contribution in [2.45, 2.75) is 25.7 Å². The van der Waals surface area contributed by atoms with Crippen molar-refractivity contribution in [1.82, 2.24) is 42.7 Å². The van der Waals surface area contributed by atoms with Gasteiger partial charge in [0.25, 0.3) is 58.0 Å². The standard InChI is InChI=1S/C18H20N4O5.C17H17ClN4O4.C17H17FN4O4.C17H24N4O4.C15H16N6O4/c1-27-16-8-3-2-6-14(16)20-9-11-21(12-10-20)17-13(18(23)19-24)5-4-7-15(17)22(25)26;18-12-3-1-4-13(11-12)20-7-9-21(10-8-20)16-14(17(23)19-24)5-2-6-15(16)22(25)26;18-13-5-1-2-6-14(13)20-8-10-21(11-9-20)16-12(17(23)19-24)4-3-7-15(16)22(25)26;22-17(19-23)14-2-1-3-15(21(24)25)16(14)20-10-6-13(7-11-20)12-4-8-18-9-5-12;22-14(18-23)11-3-1-4-12(21(24)25)13(11)19-7-9-20(10-8-19)15-16-5-2-6-17-15/h2-8,24H,9-12H2,1H3,(H,19,23);1-6,11,24H,7-10H2,(H,19,23);1-7,24H,8-11H2,(H,19,23);1-3,12-13,18,23H,4-11H2,(H,19,22);1-6,23H,7-10H2,(H,18,22). The zero-order valence-corrected chi connectivity index (χ0v) is 70.4. The number of ether oxygens (including phenoxy) is 1. The van der Waals surface area contributed by atoms with Crippen LogP contribution in [0, 0.1) is 68.2 Å². The van der Waals surface area contributed by atoms with Crippen molar-refractivity contribution in [3.63, 3.8) is 0 Å². The first kappa shape index (κ1) is 94.8. The lowest BCUT2D eigenvalue weighted by atomic mass is 9.79. The van der Waals surface area contributed by atoms with Crippen LogP contribution in [0.2, 0.25) is 5.02 Å². The number of anilines is 9. The van der Waals surface area contributed by atoms with E-state index in [-0.39, 0.29) is 84.8 Å². The molecule has 0 atom stereocenters. The summed E-state index contributed by atoms with van der Waals surface area (Å²) >= 11 is 6.04. The van der Waals surface area contributed by atoms with E-state index in [1.807, 2.05) is 57.2 Å². The monoisotopic (exact) mass is 1800 g/mol. The van der Waals surface area contributed by atoms with E-state index >= 15 is 0 Å². The number of hydrogen-bond donors (Lipinski definition) is 11. The third kappa shape index (κ3) is 23.3. The molecule has 129 heavy (non-hydrogen) atoms. The number of nitrogens with one attached hydrogen (secondary N) is 6. The number of benzene rings is 8. The molecule has 6 fully saturated rings. The summed E-state index contributed by atoms with van der Waals surface area (Å²) in [6, 6.07) is 44.5. The van der Waals surface area contributed by atoms with E-state index in [1.54, 1.807) is 91.4 Å². The van der Waals surface area contributed by atoms with Gasteiger partial charge in [-0.3, -0.25) is 101 Å². The topological polar surface area (TPSA) is 539 Å². The molecule has 680 valence electrons. The Balaban J connectivity index is 0.000000156. The number of hydrogen-bond acceptors (Lipinski definition) is 33. The molecule has 0 unspecified atom stereocenters. The summed E-state index contributed by atoms with van der Waals surface area (Å²) < 4.78 is 19.4. The van der Waals surface area contributed by atoms with Crippen LogP contribution >= 0.6 is 11.6 Å². The first-order chi connectivity index (χ1) is 62.3. The second-order valence-electron chi connectivity index (χ2n) is 29.8. The van der Waals surface area contributed by atoms with Crippen LogP contribution in [0.5, 0.6) is 5.75 Å². The number of hydroxylamine groups is 5. The van der Waals surface area contributed by atoms with Crippen molar-refractivity contribution in [2.75, 3.05) is 182 Å². The normalized spacial score (nSPS) is 15.2. The molecule has 45 heteroatoms. The zero-order valence-electron chi connectivity index (χ0n) is 69.6. The van der Waals surface area contributed by atoms with Gasteiger partial charge in [-0.2, -0.15) is 0 Å². The molecular formula is C84H94ClFN22O21. The molecular weight excluding hydrogens is 1710 g/mol. The summed E-state index contributed by atoms with van der Waals surface area (Å²) in [6.45, 7) is 11.5. The molecule has 6 saturated heterocycles. The summed E-state index contributed by atoms with van der Waals surface area (Å²) in [4.78, 5) is 140. The first-order valence-corrected chi connectivity index (χ1v) is 41.2. The van der Waals surface area contributed by atoms with Gasteiger partial charge in [0.05, 0.1) is 70.9 Å². The molecule has 8 aromatic carbocycles. The lowest BCUT2D eigenvalue weighted by Crippen LogP contribution is -2.47. The SMILES string of the molecule is COc1ccccc1N1CCN(c2c(C(=O)NO)cccc2[N+](=O)[O-])CC1.O=C(NO)c1cccc([N+](=O)[O-])c1N1CCC(C2CCNCC2)CC1.O=C(NO)c1cccc([N+](=O)[O-])c1N1CCN(c2cccc(Cl)c2)CC1.O=C(NO)c1cccc([N+](=O)[O-])c1N1CCN(c2ccccc2F)CC1.O=C(NO)c1cccc([N+](=O)[O-])c1N1CCN(c2ncccn2)CC1. The molecule has 15 rings (SSSR count). The molecule has 0 bridgehead atoms. The molecule has 0 radical (unpaired) electrons. The zero-order chi connectivity index (χ0) is 92.4. The molecule has 7 heterocycles. The highest BCUT2D eigenvalue weighted by Gasteiger charge is 2.37. The van der Waals surface area contributed by atoms with Gasteiger partial charge in [0, 0.05) is 171 Å². The number of aromatic nitrogens is 2. The second kappa shape index (κ2) is 45.4. The van der Waals surface area contributed by atoms with E-state index in [2.05, 4.69) is 25.1 Å². The number of nitrogens with zero attached hydrogens (tertiary/aromatic N) is 16. The average molecular weight is 1800 g/mol. The number of methoxy groups -OCH3 is 1. The van der Waals surface area contributed by atoms with Crippen LogP contribution < -0.4 is 81.6 Å². The summed E-state index contributed by atoms with van der Waals surface area (Å²) in [7, 11) is 1.61. The Bertz CT molecular complexity index is 5480. The van der Waals surface area contributed by atoms with Gasteiger partial charge in [-0.1, -0.05) is 72.3 Å². The van der Waals surface area contributed by atoms with Gasteiger partial charge >= 0.3 is 0 Å². The predicted octanol–water partition coefficient (Wildman–Crippen LogP) is 9.68. The van der Waals surface area contributed by atoms with Crippen LogP contribution in [0.15, 0.2) is 182 Å². The molecule has 0 spiro atoms. The number of piperazine rings is 4. The van der Waals surface area contributed by atoms with Gasteiger partial charge < -0.3 is 54.2 Å².